The van der Waals surface area contributed by atoms with E-state index in [4.69, 9.17) is 4.74 Å². The molecule has 0 saturated carbocycles. The summed E-state index contributed by atoms with van der Waals surface area (Å²) in [5.74, 6) is 0.483. The van der Waals surface area contributed by atoms with Crippen LogP contribution in [0, 0.1) is 0 Å². The average Bonchev–Trinajstić information content (AvgIpc) is 2.88. The number of hydrogen-bond donors (Lipinski definition) is 0. The average molecular weight is 310 g/mol. The monoisotopic (exact) mass is 310 g/mol. The molecule has 0 radical (unpaired) electrons. The fourth-order valence-corrected chi connectivity index (χ4v) is 4.65. The lowest BCUT2D eigenvalue weighted by molar-refractivity contribution is -0.130. The largest absolute Gasteiger partial charge is 0.495 e. The van der Waals surface area contributed by atoms with Gasteiger partial charge in [-0.3, -0.25) is 4.79 Å². The van der Waals surface area contributed by atoms with Crippen molar-refractivity contribution in [2.45, 2.75) is 23.8 Å². The minimum absolute atomic E-state index is 0.00994. The standard InChI is InChI=1S/C14H18N2O4S/c1-20-12-4-2-3-5-13(12)21(18,19)15-8-9-16-11(10-15)6-7-14(16)17/h2-5,11H,6-10H2,1H3/t11-/m1/s1. The maximum Gasteiger partial charge on any atom is 0.246 e. The van der Waals surface area contributed by atoms with Gasteiger partial charge in [-0.2, -0.15) is 4.31 Å². The number of hydrogen-bond acceptors (Lipinski definition) is 4. The zero-order chi connectivity index (χ0) is 15.0. The molecule has 2 heterocycles. The van der Waals surface area contributed by atoms with Crippen LogP contribution in [-0.2, 0) is 14.8 Å². The number of rotatable bonds is 3. The van der Waals surface area contributed by atoms with Gasteiger partial charge in [-0.1, -0.05) is 12.1 Å². The molecule has 21 heavy (non-hydrogen) atoms. The van der Waals surface area contributed by atoms with Crippen LogP contribution in [0.15, 0.2) is 29.2 Å². The topological polar surface area (TPSA) is 66.9 Å². The Morgan fingerprint density at radius 1 is 1.24 bits per heavy atom. The molecule has 0 aliphatic carbocycles. The third kappa shape index (κ3) is 2.40. The van der Waals surface area contributed by atoms with Crippen LogP contribution in [0.2, 0.25) is 0 Å². The van der Waals surface area contributed by atoms with Crippen molar-refractivity contribution in [1.82, 2.24) is 9.21 Å². The summed E-state index contributed by atoms with van der Waals surface area (Å²) >= 11 is 0. The third-order valence-electron chi connectivity index (χ3n) is 4.14. The Balaban J connectivity index is 1.88. The molecule has 114 valence electrons. The maximum absolute atomic E-state index is 12.8. The predicted molar refractivity (Wildman–Crippen MR) is 76.5 cm³/mol. The van der Waals surface area contributed by atoms with Crippen molar-refractivity contribution < 1.29 is 17.9 Å². The number of piperazine rings is 1. The smallest absolute Gasteiger partial charge is 0.246 e. The highest BCUT2D eigenvalue weighted by Crippen LogP contribution is 2.30. The molecule has 0 N–H and O–H groups in total. The van der Waals surface area contributed by atoms with Crippen molar-refractivity contribution in [2.24, 2.45) is 0 Å². The van der Waals surface area contributed by atoms with E-state index in [1.807, 2.05) is 0 Å². The van der Waals surface area contributed by atoms with Gasteiger partial charge in [0.15, 0.2) is 0 Å². The van der Waals surface area contributed by atoms with Gasteiger partial charge in [0.05, 0.1) is 7.11 Å². The Kier molecular flexibility index (Phi) is 3.62. The number of amides is 1. The van der Waals surface area contributed by atoms with Gasteiger partial charge in [0.2, 0.25) is 15.9 Å². The summed E-state index contributed by atoms with van der Waals surface area (Å²) in [6, 6.07) is 6.63. The molecular weight excluding hydrogens is 292 g/mol. The van der Waals surface area contributed by atoms with Crippen LogP contribution in [0.1, 0.15) is 12.8 Å². The van der Waals surface area contributed by atoms with Crippen LogP contribution in [0.3, 0.4) is 0 Å². The molecule has 0 spiro atoms. The highest BCUT2D eigenvalue weighted by Gasteiger charge is 2.40. The van der Waals surface area contributed by atoms with E-state index in [-0.39, 0.29) is 16.8 Å². The molecule has 3 rings (SSSR count). The second-order valence-electron chi connectivity index (χ2n) is 5.29. The van der Waals surface area contributed by atoms with E-state index in [1.165, 1.54) is 11.4 Å². The van der Waals surface area contributed by atoms with Crippen molar-refractivity contribution in [3.8, 4) is 5.75 Å². The maximum atomic E-state index is 12.8. The van der Waals surface area contributed by atoms with E-state index >= 15 is 0 Å². The number of carbonyl (C=O) groups excluding carboxylic acids is 1. The number of sulfonamides is 1. The highest BCUT2D eigenvalue weighted by molar-refractivity contribution is 7.89. The van der Waals surface area contributed by atoms with Crippen molar-refractivity contribution in [2.75, 3.05) is 26.7 Å². The van der Waals surface area contributed by atoms with E-state index in [1.54, 1.807) is 29.2 Å². The molecule has 1 amide bonds. The minimum atomic E-state index is -3.59. The lowest BCUT2D eigenvalue weighted by Crippen LogP contribution is -2.53. The molecule has 1 aromatic rings. The zero-order valence-corrected chi connectivity index (χ0v) is 12.7. The zero-order valence-electron chi connectivity index (χ0n) is 11.9. The number of para-hydroxylation sites is 1. The molecule has 6 nitrogen and oxygen atoms in total. The van der Waals surface area contributed by atoms with E-state index < -0.39 is 10.0 Å². The number of ether oxygens (including phenoxy) is 1. The molecule has 2 aliphatic heterocycles. The second-order valence-corrected chi connectivity index (χ2v) is 7.20. The summed E-state index contributed by atoms with van der Waals surface area (Å²) in [5, 5.41) is 0. The molecule has 1 atom stereocenters. The Labute approximate surface area is 124 Å². The fraction of sp³-hybridized carbons (Fsp3) is 0.500. The fourth-order valence-electron chi connectivity index (χ4n) is 3.03. The molecule has 2 fully saturated rings. The Morgan fingerprint density at radius 2 is 2.00 bits per heavy atom. The Bertz CT molecular complexity index is 659. The van der Waals surface area contributed by atoms with Crippen LogP contribution < -0.4 is 4.74 Å². The molecule has 7 heteroatoms. The van der Waals surface area contributed by atoms with Gasteiger partial charge < -0.3 is 9.64 Å². The van der Waals surface area contributed by atoms with Crippen LogP contribution in [0.25, 0.3) is 0 Å². The van der Waals surface area contributed by atoms with E-state index in [0.29, 0.717) is 31.8 Å². The van der Waals surface area contributed by atoms with Crippen LogP contribution in [0.5, 0.6) is 5.75 Å². The van der Waals surface area contributed by atoms with Gasteiger partial charge >= 0.3 is 0 Å². The van der Waals surface area contributed by atoms with Gasteiger partial charge in [-0.15, -0.1) is 0 Å². The Hall–Kier alpha value is -1.60. The first-order valence-electron chi connectivity index (χ1n) is 6.96. The van der Waals surface area contributed by atoms with Crippen molar-refractivity contribution in [1.29, 1.82) is 0 Å². The van der Waals surface area contributed by atoms with Crippen LogP contribution in [-0.4, -0.2) is 56.3 Å². The predicted octanol–water partition coefficient (Wildman–Crippen LogP) is 0.690. The summed E-state index contributed by atoms with van der Waals surface area (Å²) in [4.78, 5) is 13.7. The number of methoxy groups -OCH3 is 1. The minimum Gasteiger partial charge on any atom is -0.495 e. The number of fused-ring (bicyclic) bond motifs is 1. The normalized spacial score (nSPS) is 23.2. The first kappa shape index (κ1) is 14.3. The number of benzene rings is 1. The van der Waals surface area contributed by atoms with Crippen molar-refractivity contribution in [3.05, 3.63) is 24.3 Å². The second kappa shape index (κ2) is 5.31. The van der Waals surface area contributed by atoms with E-state index in [0.717, 1.165) is 6.42 Å². The lowest BCUT2D eigenvalue weighted by atomic mass is 10.2. The SMILES string of the molecule is COc1ccccc1S(=O)(=O)N1CCN2C(=O)CC[C@@H]2C1. The molecule has 0 unspecified atom stereocenters. The summed E-state index contributed by atoms with van der Waals surface area (Å²) < 4.78 is 32.2. The number of carbonyl (C=O) groups is 1. The third-order valence-corrected chi connectivity index (χ3v) is 6.05. The van der Waals surface area contributed by atoms with Crippen molar-refractivity contribution >= 4 is 15.9 Å². The first-order valence-corrected chi connectivity index (χ1v) is 8.40. The lowest BCUT2D eigenvalue weighted by Gasteiger charge is -2.36. The number of nitrogens with zero attached hydrogens (tertiary/aromatic N) is 2. The van der Waals surface area contributed by atoms with E-state index in [9.17, 15) is 13.2 Å². The molecule has 2 saturated heterocycles. The first-order chi connectivity index (χ1) is 10.0. The molecule has 1 aromatic carbocycles. The van der Waals surface area contributed by atoms with E-state index in [2.05, 4.69) is 0 Å². The molecule has 0 bridgehead atoms. The summed E-state index contributed by atoms with van der Waals surface area (Å²) in [7, 11) is -2.13. The summed E-state index contributed by atoms with van der Waals surface area (Å²) in [5.41, 5.74) is 0. The summed E-state index contributed by atoms with van der Waals surface area (Å²) in [6.07, 6.45) is 1.25. The summed E-state index contributed by atoms with van der Waals surface area (Å²) in [6.45, 7) is 1.17. The quantitative estimate of drug-likeness (QED) is 0.824. The van der Waals surface area contributed by atoms with Crippen LogP contribution >= 0.6 is 0 Å². The van der Waals surface area contributed by atoms with Crippen molar-refractivity contribution in [3.63, 3.8) is 0 Å². The highest BCUT2D eigenvalue weighted by atomic mass is 32.2. The van der Waals surface area contributed by atoms with Gasteiger partial charge in [0.25, 0.3) is 0 Å². The Morgan fingerprint density at radius 3 is 2.76 bits per heavy atom. The molecule has 2 aliphatic rings. The van der Waals surface area contributed by atoms with Gasteiger partial charge in [0.1, 0.15) is 10.6 Å². The van der Waals surface area contributed by atoms with Gasteiger partial charge in [-0.05, 0) is 18.6 Å². The van der Waals surface area contributed by atoms with Gasteiger partial charge in [0, 0.05) is 32.1 Å². The van der Waals surface area contributed by atoms with Crippen LogP contribution in [0.4, 0.5) is 0 Å². The van der Waals surface area contributed by atoms with Gasteiger partial charge in [-0.25, -0.2) is 8.42 Å². The molecular formula is C14H18N2O4S. The molecule has 0 aromatic heterocycles.